The van der Waals surface area contributed by atoms with Gasteiger partial charge in [-0.15, -0.1) is 0 Å². The monoisotopic (exact) mass is 284 g/mol. The summed E-state index contributed by atoms with van der Waals surface area (Å²) >= 11 is 0. The molecule has 0 aliphatic rings. The molecular formula is C18H12N4. The average molecular weight is 284 g/mol. The summed E-state index contributed by atoms with van der Waals surface area (Å²) in [6.45, 7) is 0.636. The highest BCUT2D eigenvalue weighted by Gasteiger charge is 2.10. The molecule has 0 aliphatic carbocycles. The summed E-state index contributed by atoms with van der Waals surface area (Å²) in [4.78, 5) is 4.53. The van der Waals surface area contributed by atoms with Crippen molar-refractivity contribution in [3.05, 3.63) is 71.6 Å². The van der Waals surface area contributed by atoms with Crippen LogP contribution < -0.4 is 0 Å². The van der Waals surface area contributed by atoms with Crippen LogP contribution in [0.1, 0.15) is 11.4 Å². The largest absolute Gasteiger partial charge is 0.320 e. The molecule has 0 fully saturated rings. The molecular weight excluding hydrogens is 272 g/mol. The molecule has 0 amide bonds. The Kier molecular flexibility index (Phi) is 3.68. The second kappa shape index (κ2) is 5.95. The lowest BCUT2D eigenvalue weighted by Gasteiger charge is -2.07. The minimum absolute atomic E-state index is 0.0459. The van der Waals surface area contributed by atoms with Crippen molar-refractivity contribution < 1.29 is 0 Å². The van der Waals surface area contributed by atoms with Crippen molar-refractivity contribution in [1.82, 2.24) is 9.55 Å². The van der Waals surface area contributed by atoms with E-state index in [1.54, 1.807) is 0 Å². The van der Waals surface area contributed by atoms with Crippen LogP contribution in [0.3, 0.4) is 0 Å². The zero-order chi connectivity index (χ0) is 15.4. The molecule has 0 atom stereocenters. The highest BCUT2D eigenvalue weighted by atomic mass is 15.1. The Morgan fingerprint density at radius 2 is 1.68 bits per heavy atom. The van der Waals surface area contributed by atoms with E-state index >= 15 is 0 Å². The smallest absolute Gasteiger partial charge is 0.136 e. The van der Waals surface area contributed by atoms with E-state index in [0.29, 0.717) is 12.4 Å². The molecule has 3 aromatic rings. The number of nitrogens with zero attached hydrogens (tertiary/aromatic N) is 4. The van der Waals surface area contributed by atoms with Gasteiger partial charge in [-0.3, -0.25) is 0 Å². The minimum Gasteiger partial charge on any atom is -0.320 e. The zero-order valence-electron chi connectivity index (χ0n) is 11.8. The van der Waals surface area contributed by atoms with Gasteiger partial charge in [0.1, 0.15) is 23.5 Å². The van der Waals surface area contributed by atoms with Gasteiger partial charge in [-0.25, -0.2) is 4.98 Å². The number of fused-ring (bicyclic) bond motifs is 1. The van der Waals surface area contributed by atoms with Gasteiger partial charge >= 0.3 is 0 Å². The average Bonchev–Trinajstić information content (AvgIpc) is 2.91. The summed E-state index contributed by atoms with van der Waals surface area (Å²) in [5.74, 6) is 0.614. The quantitative estimate of drug-likeness (QED) is 0.691. The van der Waals surface area contributed by atoms with Gasteiger partial charge in [0.25, 0.3) is 0 Å². The van der Waals surface area contributed by atoms with Gasteiger partial charge in [0.15, 0.2) is 0 Å². The number of rotatable bonds is 3. The van der Waals surface area contributed by atoms with E-state index in [2.05, 4.69) is 4.98 Å². The fourth-order valence-electron chi connectivity index (χ4n) is 2.36. The molecule has 0 saturated heterocycles. The summed E-state index contributed by atoms with van der Waals surface area (Å²) < 4.78 is 2.01. The first kappa shape index (κ1) is 13.6. The van der Waals surface area contributed by atoms with Crippen molar-refractivity contribution in [2.24, 2.45) is 0 Å². The Labute approximate surface area is 128 Å². The summed E-state index contributed by atoms with van der Waals surface area (Å²) in [6, 6.07) is 21.6. The van der Waals surface area contributed by atoms with Crippen LogP contribution in [-0.4, -0.2) is 9.55 Å². The lowest BCUT2D eigenvalue weighted by Crippen LogP contribution is -2.02. The second-order valence-corrected chi connectivity index (χ2v) is 4.81. The molecule has 0 spiro atoms. The molecule has 0 N–H and O–H groups in total. The molecule has 1 aromatic heterocycles. The molecule has 104 valence electrons. The molecule has 4 nitrogen and oxygen atoms in total. The van der Waals surface area contributed by atoms with Crippen molar-refractivity contribution in [2.75, 3.05) is 0 Å². The van der Waals surface area contributed by atoms with E-state index in [0.717, 1.165) is 16.6 Å². The number of hydrogen-bond donors (Lipinski definition) is 0. The third-order valence-corrected chi connectivity index (χ3v) is 3.38. The molecule has 0 bridgehead atoms. The van der Waals surface area contributed by atoms with Crippen LogP contribution in [-0.2, 0) is 6.54 Å². The summed E-state index contributed by atoms with van der Waals surface area (Å²) in [7, 11) is 0. The zero-order valence-corrected chi connectivity index (χ0v) is 11.8. The van der Waals surface area contributed by atoms with Gasteiger partial charge < -0.3 is 4.57 Å². The van der Waals surface area contributed by atoms with Crippen molar-refractivity contribution in [3.63, 3.8) is 0 Å². The number of imidazole rings is 1. The Morgan fingerprint density at radius 3 is 2.41 bits per heavy atom. The molecule has 22 heavy (non-hydrogen) atoms. The molecule has 3 rings (SSSR count). The maximum atomic E-state index is 8.97. The molecule has 0 unspecified atom stereocenters. The van der Waals surface area contributed by atoms with Crippen molar-refractivity contribution in [2.45, 2.75) is 6.54 Å². The van der Waals surface area contributed by atoms with Crippen molar-refractivity contribution in [1.29, 1.82) is 10.5 Å². The molecule has 0 radical (unpaired) electrons. The Balaban J connectivity index is 2.16. The molecule has 4 heteroatoms. The van der Waals surface area contributed by atoms with E-state index < -0.39 is 0 Å². The highest BCUT2D eigenvalue weighted by molar-refractivity contribution is 5.78. The van der Waals surface area contributed by atoms with Gasteiger partial charge in [-0.2, -0.15) is 10.5 Å². The second-order valence-electron chi connectivity index (χ2n) is 4.81. The number of benzene rings is 2. The van der Waals surface area contributed by atoms with Crippen LogP contribution in [0, 0.1) is 22.7 Å². The van der Waals surface area contributed by atoms with Gasteiger partial charge in [-0.1, -0.05) is 42.5 Å². The predicted molar refractivity (Wildman–Crippen MR) is 84.5 cm³/mol. The Bertz CT molecular complexity index is 905. The summed E-state index contributed by atoms with van der Waals surface area (Å²) in [5, 5.41) is 17.9. The topological polar surface area (TPSA) is 65.4 Å². The van der Waals surface area contributed by atoms with Gasteiger partial charge in [-0.05, 0) is 17.7 Å². The summed E-state index contributed by atoms with van der Waals surface area (Å²) in [6.07, 6.45) is 1.53. The Morgan fingerprint density at radius 1 is 1.00 bits per heavy atom. The number of para-hydroxylation sites is 2. The third-order valence-electron chi connectivity index (χ3n) is 3.38. The lowest BCUT2D eigenvalue weighted by molar-refractivity contribution is 0.813. The number of aromatic nitrogens is 2. The molecule has 0 saturated carbocycles. The minimum atomic E-state index is 0.0459. The SMILES string of the molecule is N#CC(C#N)=Cc1nc2ccccc2n1Cc1ccccc1. The first-order chi connectivity index (χ1) is 10.8. The maximum Gasteiger partial charge on any atom is 0.136 e. The van der Waals surface area contributed by atoms with Crippen LogP contribution in [0.25, 0.3) is 17.1 Å². The molecule has 1 heterocycles. The highest BCUT2D eigenvalue weighted by Crippen LogP contribution is 2.19. The van der Waals surface area contributed by atoms with Crippen LogP contribution in [0.5, 0.6) is 0 Å². The van der Waals surface area contributed by atoms with Crippen molar-refractivity contribution in [3.8, 4) is 12.1 Å². The standard InChI is InChI=1S/C18H12N4/c19-11-15(12-20)10-18-21-16-8-4-5-9-17(16)22(18)13-14-6-2-1-3-7-14/h1-10H,13H2. The normalized spacial score (nSPS) is 9.91. The van der Waals surface area contributed by atoms with Crippen LogP contribution in [0.4, 0.5) is 0 Å². The fraction of sp³-hybridized carbons (Fsp3) is 0.0556. The van der Waals surface area contributed by atoms with Gasteiger partial charge in [0.2, 0.25) is 0 Å². The van der Waals surface area contributed by atoms with Gasteiger partial charge in [0.05, 0.1) is 11.0 Å². The predicted octanol–water partition coefficient (Wildman–Crippen LogP) is 3.52. The number of allylic oxidation sites excluding steroid dienone is 1. The third kappa shape index (κ3) is 2.59. The first-order valence-electron chi connectivity index (χ1n) is 6.83. The van der Waals surface area contributed by atoms with Gasteiger partial charge in [0, 0.05) is 12.6 Å². The Hall–Kier alpha value is -3.37. The van der Waals surface area contributed by atoms with Crippen molar-refractivity contribution >= 4 is 17.1 Å². The molecule has 2 aromatic carbocycles. The van der Waals surface area contributed by atoms with E-state index in [9.17, 15) is 0 Å². The first-order valence-corrected chi connectivity index (χ1v) is 6.83. The van der Waals surface area contributed by atoms with E-state index in [1.807, 2.05) is 71.3 Å². The summed E-state index contributed by atoms with van der Waals surface area (Å²) in [5.41, 5.74) is 3.01. The van der Waals surface area contributed by atoms with E-state index in [1.165, 1.54) is 6.08 Å². The van der Waals surface area contributed by atoms with Crippen LogP contribution in [0.15, 0.2) is 60.2 Å². The van der Waals surface area contributed by atoms with E-state index in [-0.39, 0.29) is 5.57 Å². The molecule has 0 aliphatic heterocycles. The van der Waals surface area contributed by atoms with Crippen LogP contribution >= 0.6 is 0 Å². The van der Waals surface area contributed by atoms with Crippen LogP contribution in [0.2, 0.25) is 0 Å². The maximum absolute atomic E-state index is 8.97. The number of hydrogen-bond acceptors (Lipinski definition) is 3. The number of nitriles is 2. The van der Waals surface area contributed by atoms with E-state index in [4.69, 9.17) is 10.5 Å². The fourth-order valence-corrected chi connectivity index (χ4v) is 2.36. The lowest BCUT2D eigenvalue weighted by atomic mass is 10.2.